The second-order valence-corrected chi connectivity index (χ2v) is 10.0. The third-order valence-corrected chi connectivity index (χ3v) is 7.11. The second kappa shape index (κ2) is 9.73. The molecule has 0 unspecified atom stereocenters. The molecule has 1 heterocycles. The molecule has 1 aliphatic heterocycles. The monoisotopic (exact) mass is 430 g/mol. The number of hydrogen-bond acceptors (Lipinski definition) is 4. The zero-order valence-corrected chi connectivity index (χ0v) is 18.6. The van der Waals surface area contributed by atoms with Gasteiger partial charge in [0.05, 0.1) is 24.2 Å². The molecular formula is C23H30N2O4S. The van der Waals surface area contributed by atoms with Crippen LogP contribution >= 0.6 is 0 Å². The van der Waals surface area contributed by atoms with Crippen LogP contribution in [0.3, 0.4) is 0 Å². The first-order valence-electron chi connectivity index (χ1n) is 10.3. The Morgan fingerprint density at radius 3 is 2.17 bits per heavy atom. The van der Waals surface area contributed by atoms with Crippen LogP contribution in [-0.2, 0) is 21.2 Å². The number of nitrogens with one attached hydrogen (secondary N) is 1. The van der Waals surface area contributed by atoms with Gasteiger partial charge in [0.15, 0.2) is 0 Å². The van der Waals surface area contributed by atoms with Crippen molar-refractivity contribution in [1.82, 2.24) is 9.62 Å². The van der Waals surface area contributed by atoms with Gasteiger partial charge in [-0.1, -0.05) is 38.1 Å². The number of rotatable bonds is 7. The molecule has 1 amide bonds. The maximum Gasteiger partial charge on any atom is 0.251 e. The lowest BCUT2D eigenvalue weighted by Crippen LogP contribution is -2.40. The normalized spacial score (nSPS) is 16.4. The molecule has 1 atom stereocenters. The Labute approximate surface area is 179 Å². The molecule has 3 rings (SSSR count). The number of benzene rings is 2. The highest BCUT2D eigenvalue weighted by molar-refractivity contribution is 7.89. The Hall–Kier alpha value is -2.22. The van der Waals surface area contributed by atoms with Crippen LogP contribution in [0, 0.1) is 5.92 Å². The molecule has 162 valence electrons. The van der Waals surface area contributed by atoms with E-state index >= 15 is 0 Å². The molecule has 30 heavy (non-hydrogen) atoms. The summed E-state index contributed by atoms with van der Waals surface area (Å²) >= 11 is 0. The number of nitrogens with zero attached hydrogens (tertiary/aromatic N) is 1. The van der Waals surface area contributed by atoms with E-state index in [1.807, 2.05) is 19.1 Å². The van der Waals surface area contributed by atoms with Crippen LogP contribution in [0.4, 0.5) is 0 Å². The van der Waals surface area contributed by atoms with Crippen molar-refractivity contribution in [3.05, 3.63) is 65.2 Å². The van der Waals surface area contributed by atoms with Gasteiger partial charge in [0, 0.05) is 18.7 Å². The lowest BCUT2D eigenvalue weighted by Gasteiger charge is -2.26. The fraction of sp³-hybridized carbons (Fsp3) is 0.435. The predicted octanol–water partition coefficient (Wildman–Crippen LogP) is 3.40. The van der Waals surface area contributed by atoms with Crippen LogP contribution in [0.15, 0.2) is 53.4 Å². The van der Waals surface area contributed by atoms with Gasteiger partial charge >= 0.3 is 0 Å². The first-order valence-corrected chi connectivity index (χ1v) is 11.8. The minimum atomic E-state index is -3.56. The Bertz CT molecular complexity index is 948. The summed E-state index contributed by atoms with van der Waals surface area (Å²) in [5, 5.41) is 2.98. The largest absolute Gasteiger partial charge is 0.379 e. The van der Waals surface area contributed by atoms with Crippen LogP contribution < -0.4 is 5.32 Å². The highest BCUT2D eigenvalue weighted by Gasteiger charge is 2.26. The van der Waals surface area contributed by atoms with E-state index in [0.717, 1.165) is 12.0 Å². The maximum absolute atomic E-state index is 12.7. The number of carbonyl (C=O) groups excluding carboxylic acids is 1. The van der Waals surface area contributed by atoms with Gasteiger partial charge in [-0.05, 0) is 54.7 Å². The van der Waals surface area contributed by atoms with Gasteiger partial charge in [-0.15, -0.1) is 0 Å². The van der Waals surface area contributed by atoms with E-state index in [1.165, 1.54) is 22.0 Å². The average Bonchev–Trinajstić information content (AvgIpc) is 2.74. The fourth-order valence-electron chi connectivity index (χ4n) is 3.49. The number of morpholine rings is 1. The average molecular weight is 431 g/mol. The minimum Gasteiger partial charge on any atom is -0.379 e. The van der Waals surface area contributed by atoms with E-state index in [4.69, 9.17) is 4.74 Å². The van der Waals surface area contributed by atoms with Crippen molar-refractivity contribution in [2.24, 2.45) is 5.92 Å². The van der Waals surface area contributed by atoms with Crippen molar-refractivity contribution >= 4 is 15.9 Å². The van der Waals surface area contributed by atoms with Crippen LogP contribution in [0.5, 0.6) is 0 Å². The SMILES string of the molecule is CC(C)Cc1ccc([C@@H](C)NC(=O)c2ccc(S(=O)(=O)N3CCOCC3)cc2)cc1. The number of sulfonamides is 1. The lowest BCUT2D eigenvalue weighted by atomic mass is 10.00. The van der Waals surface area contributed by atoms with E-state index in [2.05, 4.69) is 31.3 Å². The van der Waals surface area contributed by atoms with Crippen molar-refractivity contribution in [1.29, 1.82) is 0 Å². The van der Waals surface area contributed by atoms with E-state index in [-0.39, 0.29) is 16.8 Å². The molecule has 0 aromatic heterocycles. The van der Waals surface area contributed by atoms with Crippen molar-refractivity contribution in [3.8, 4) is 0 Å². The summed E-state index contributed by atoms with van der Waals surface area (Å²) in [6.07, 6.45) is 1.03. The molecule has 6 nitrogen and oxygen atoms in total. The predicted molar refractivity (Wildman–Crippen MR) is 117 cm³/mol. The van der Waals surface area contributed by atoms with Gasteiger partial charge < -0.3 is 10.1 Å². The molecule has 1 N–H and O–H groups in total. The summed E-state index contributed by atoms with van der Waals surface area (Å²) < 4.78 is 32.0. The second-order valence-electron chi connectivity index (χ2n) is 8.08. The zero-order valence-electron chi connectivity index (χ0n) is 17.8. The molecule has 2 aromatic rings. The summed E-state index contributed by atoms with van der Waals surface area (Å²) in [7, 11) is -3.56. The minimum absolute atomic E-state index is 0.151. The molecule has 0 spiro atoms. The van der Waals surface area contributed by atoms with Crippen LogP contribution in [-0.4, -0.2) is 44.9 Å². The van der Waals surface area contributed by atoms with Gasteiger partial charge in [0.2, 0.25) is 10.0 Å². The Morgan fingerprint density at radius 1 is 1.00 bits per heavy atom. The highest BCUT2D eigenvalue weighted by atomic mass is 32.2. The van der Waals surface area contributed by atoms with Crippen molar-refractivity contribution < 1.29 is 17.9 Å². The molecule has 0 aliphatic carbocycles. The van der Waals surface area contributed by atoms with Crippen molar-refractivity contribution in [2.75, 3.05) is 26.3 Å². The molecule has 0 bridgehead atoms. The Balaban J connectivity index is 1.64. The molecule has 0 saturated carbocycles. The zero-order chi connectivity index (χ0) is 21.7. The number of amides is 1. The molecule has 1 aliphatic rings. The Kier molecular flexibility index (Phi) is 7.28. The van der Waals surface area contributed by atoms with E-state index in [1.54, 1.807) is 12.1 Å². The van der Waals surface area contributed by atoms with Gasteiger partial charge in [-0.25, -0.2) is 8.42 Å². The van der Waals surface area contributed by atoms with Gasteiger partial charge in [0.1, 0.15) is 0 Å². The number of ether oxygens (including phenoxy) is 1. The van der Waals surface area contributed by atoms with E-state index < -0.39 is 10.0 Å². The third kappa shape index (κ3) is 5.47. The molecule has 1 fully saturated rings. The smallest absolute Gasteiger partial charge is 0.251 e. The van der Waals surface area contributed by atoms with E-state index in [9.17, 15) is 13.2 Å². The van der Waals surface area contributed by atoms with Gasteiger partial charge in [0.25, 0.3) is 5.91 Å². The van der Waals surface area contributed by atoms with Gasteiger partial charge in [-0.2, -0.15) is 4.31 Å². The van der Waals surface area contributed by atoms with Crippen LogP contribution in [0.25, 0.3) is 0 Å². The topological polar surface area (TPSA) is 75.7 Å². The first kappa shape index (κ1) is 22.5. The quantitative estimate of drug-likeness (QED) is 0.731. The summed E-state index contributed by atoms with van der Waals surface area (Å²) in [5.41, 5.74) is 2.74. The number of carbonyl (C=O) groups is 1. The van der Waals surface area contributed by atoms with Crippen LogP contribution in [0.2, 0.25) is 0 Å². The molecule has 1 saturated heterocycles. The third-order valence-electron chi connectivity index (χ3n) is 5.20. The Morgan fingerprint density at radius 2 is 1.60 bits per heavy atom. The molecular weight excluding hydrogens is 400 g/mol. The van der Waals surface area contributed by atoms with Gasteiger partial charge in [-0.3, -0.25) is 4.79 Å². The first-order chi connectivity index (χ1) is 14.3. The maximum atomic E-state index is 12.7. The molecule has 2 aromatic carbocycles. The summed E-state index contributed by atoms with van der Waals surface area (Å²) in [5.74, 6) is 0.368. The summed E-state index contributed by atoms with van der Waals surface area (Å²) in [6.45, 7) is 7.80. The van der Waals surface area contributed by atoms with Crippen molar-refractivity contribution in [2.45, 2.75) is 38.1 Å². The van der Waals surface area contributed by atoms with Crippen molar-refractivity contribution in [3.63, 3.8) is 0 Å². The lowest BCUT2D eigenvalue weighted by molar-refractivity contribution is 0.0730. The summed E-state index contributed by atoms with van der Waals surface area (Å²) in [4.78, 5) is 12.8. The molecule has 7 heteroatoms. The van der Waals surface area contributed by atoms with E-state index in [0.29, 0.717) is 37.8 Å². The standard InChI is InChI=1S/C23H30N2O4S/c1-17(2)16-19-4-6-20(7-5-19)18(3)24-23(26)21-8-10-22(11-9-21)30(27,28)25-12-14-29-15-13-25/h4-11,17-18H,12-16H2,1-3H3,(H,24,26)/t18-/m1/s1. The fourth-order valence-corrected chi connectivity index (χ4v) is 4.90. The molecule has 0 radical (unpaired) electrons. The van der Waals surface area contributed by atoms with Crippen LogP contribution in [0.1, 0.15) is 48.3 Å². The summed E-state index contributed by atoms with van der Waals surface area (Å²) in [6, 6.07) is 14.2. The number of hydrogen-bond donors (Lipinski definition) is 1. The highest BCUT2D eigenvalue weighted by Crippen LogP contribution is 2.19.